The number of fused-ring (bicyclic) bond motifs is 1. The number of methoxy groups -OCH3 is 1. The Bertz CT molecular complexity index is 447. The molecule has 66 valence electrons. The highest BCUT2D eigenvalue weighted by molar-refractivity contribution is 5.83. The molecule has 1 aromatic carbocycles. The molecule has 0 radical (unpaired) electrons. The average molecular weight is 177 g/mol. The Balaban J connectivity index is 2.74. The summed E-state index contributed by atoms with van der Waals surface area (Å²) in [5.74, 6) is 0.651. The topological polar surface area (TPSA) is 52.3 Å². The maximum Gasteiger partial charge on any atom is 0.261 e. The minimum Gasteiger partial charge on any atom is -0.493 e. The fourth-order valence-corrected chi connectivity index (χ4v) is 1.15. The number of hydrogen-bond donors (Lipinski definition) is 0. The van der Waals surface area contributed by atoms with E-state index in [2.05, 4.69) is 4.98 Å². The van der Waals surface area contributed by atoms with Gasteiger partial charge in [0.15, 0.2) is 11.3 Å². The van der Waals surface area contributed by atoms with Gasteiger partial charge in [-0.05, 0) is 12.1 Å². The van der Waals surface area contributed by atoms with E-state index in [1.807, 2.05) is 0 Å². The Morgan fingerprint density at radius 1 is 1.54 bits per heavy atom. The van der Waals surface area contributed by atoms with E-state index in [1.165, 1.54) is 7.11 Å². The fourth-order valence-electron chi connectivity index (χ4n) is 1.15. The summed E-state index contributed by atoms with van der Waals surface area (Å²) in [7, 11) is 1.54. The van der Waals surface area contributed by atoms with Crippen LogP contribution in [-0.4, -0.2) is 18.4 Å². The van der Waals surface area contributed by atoms with Gasteiger partial charge in [0, 0.05) is 0 Å². The van der Waals surface area contributed by atoms with Gasteiger partial charge < -0.3 is 9.15 Å². The Morgan fingerprint density at radius 3 is 3.08 bits per heavy atom. The first-order valence-electron chi connectivity index (χ1n) is 3.74. The quantitative estimate of drug-likeness (QED) is 0.654. The van der Waals surface area contributed by atoms with Crippen LogP contribution in [0.2, 0.25) is 0 Å². The first kappa shape index (κ1) is 7.79. The van der Waals surface area contributed by atoms with Gasteiger partial charge in [0.25, 0.3) is 5.89 Å². The average Bonchev–Trinajstić information content (AvgIpc) is 2.59. The van der Waals surface area contributed by atoms with E-state index in [4.69, 9.17) is 9.15 Å². The summed E-state index contributed by atoms with van der Waals surface area (Å²) in [6.07, 6.45) is 0.569. The van der Waals surface area contributed by atoms with Crippen LogP contribution in [0.3, 0.4) is 0 Å². The molecule has 0 aliphatic rings. The third-order valence-electron chi connectivity index (χ3n) is 1.72. The predicted molar refractivity (Wildman–Crippen MR) is 45.9 cm³/mol. The van der Waals surface area contributed by atoms with Crippen LogP contribution in [0.25, 0.3) is 11.1 Å². The van der Waals surface area contributed by atoms with Crippen molar-refractivity contribution in [1.82, 2.24) is 4.98 Å². The fraction of sp³-hybridized carbons (Fsp3) is 0.111. The van der Waals surface area contributed by atoms with Crippen molar-refractivity contribution in [2.24, 2.45) is 0 Å². The molecule has 0 bridgehead atoms. The lowest BCUT2D eigenvalue weighted by atomic mass is 10.3. The number of rotatable bonds is 2. The van der Waals surface area contributed by atoms with Crippen molar-refractivity contribution < 1.29 is 13.9 Å². The van der Waals surface area contributed by atoms with Gasteiger partial charge in [-0.2, -0.15) is 0 Å². The zero-order valence-electron chi connectivity index (χ0n) is 6.98. The van der Waals surface area contributed by atoms with Crippen LogP contribution < -0.4 is 4.74 Å². The lowest BCUT2D eigenvalue weighted by Crippen LogP contribution is -1.81. The second-order valence-electron chi connectivity index (χ2n) is 2.48. The van der Waals surface area contributed by atoms with Crippen LogP contribution in [0.4, 0.5) is 0 Å². The molecule has 2 rings (SSSR count). The van der Waals surface area contributed by atoms with E-state index >= 15 is 0 Å². The third kappa shape index (κ3) is 1.16. The van der Waals surface area contributed by atoms with Gasteiger partial charge in [0.1, 0.15) is 5.52 Å². The summed E-state index contributed by atoms with van der Waals surface area (Å²) in [6.45, 7) is 0. The third-order valence-corrected chi connectivity index (χ3v) is 1.72. The first-order chi connectivity index (χ1) is 6.35. The van der Waals surface area contributed by atoms with Crippen LogP contribution in [0.1, 0.15) is 10.7 Å². The summed E-state index contributed by atoms with van der Waals surface area (Å²) < 4.78 is 10.2. The molecule has 0 atom stereocenters. The van der Waals surface area contributed by atoms with Gasteiger partial charge in [-0.3, -0.25) is 4.79 Å². The lowest BCUT2D eigenvalue weighted by molar-refractivity contribution is 0.109. The molecule has 4 nitrogen and oxygen atoms in total. The molecule has 0 saturated heterocycles. The Labute approximate surface area is 74.1 Å². The Morgan fingerprint density at radius 2 is 2.38 bits per heavy atom. The number of aldehydes is 1. The van der Waals surface area contributed by atoms with E-state index in [0.29, 0.717) is 23.1 Å². The van der Waals surface area contributed by atoms with E-state index < -0.39 is 0 Å². The molecule has 4 heteroatoms. The molecule has 0 unspecified atom stereocenters. The number of para-hydroxylation sites is 1. The summed E-state index contributed by atoms with van der Waals surface area (Å²) in [4.78, 5) is 14.3. The standard InChI is InChI=1S/C9H7NO3/c1-12-7-4-2-3-6-9(7)13-8(5-11)10-6/h2-5H,1H3. The summed E-state index contributed by atoms with van der Waals surface area (Å²) in [5, 5.41) is 0. The van der Waals surface area contributed by atoms with Crippen LogP contribution in [-0.2, 0) is 0 Å². The van der Waals surface area contributed by atoms with Crippen molar-refractivity contribution in [3.8, 4) is 5.75 Å². The number of oxazole rings is 1. The minimum atomic E-state index is 0.0690. The predicted octanol–water partition coefficient (Wildman–Crippen LogP) is 1.65. The lowest BCUT2D eigenvalue weighted by Gasteiger charge is -1.96. The number of ether oxygens (including phenoxy) is 1. The monoisotopic (exact) mass is 177 g/mol. The zero-order valence-corrected chi connectivity index (χ0v) is 6.98. The molecule has 0 amide bonds. The summed E-state index contributed by atoms with van der Waals surface area (Å²) in [6, 6.07) is 5.30. The molecule has 0 saturated carbocycles. The van der Waals surface area contributed by atoms with Crippen molar-refractivity contribution in [3.63, 3.8) is 0 Å². The zero-order chi connectivity index (χ0) is 9.26. The molecule has 0 aliphatic heterocycles. The van der Waals surface area contributed by atoms with Crippen molar-refractivity contribution in [1.29, 1.82) is 0 Å². The van der Waals surface area contributed by atoms with E-state index in [1.54, 1.807) is 18.2 Å². The molecule has 1 aromatic heterocycles. The van der Waals surface area contributed by atoms with Crippen molar-refractivity contribution in [2.75, 3.05) is 7.11 Å². The highest BCUT2D eigenvalue weighted by atomic mass is 16.5. The van der Waals surface area contributed by atoms with Crippen molar-refractivity contribution in [2.45, 2.75) is 0 Å². The van der Waals surface area contributed by atoms with Gasteiger partial charge in [-0.15, -0.1) is 0 Å². The smallest absolute Gasteiger partial charge is 0.261 e. The molecular formula is C9H7NO3. The highest BCUT2D eigenvalue weighted by Gasteiger charge is 2.08. The maximum atomic E-state index is 10.4. The van der Waals surface area contributed by atoms with Crippen LogP contribution in [0, 0.1) is 0 Å². The van der Waals surface area contributed by atoms with Gasteiger partial charge in [-0.25, -0.2) is 4.98 Å². The molecule has 2 aromatic rings. The Kier molecular flexibility index (Phi) is 1.73. The van der Waals surface area contributed by atoms with Crippen molar-refractivity contribution in [3.05, 3.63) is 24.1 Å². The van der Waals surface area contributed by atoms with Gasteiger partial charge >= 0.3 is 0 Å². The van der Waals surface area contributed by atoms with Gasteiger partial charge in [0.05, 0.1) is 7.11 Å². The summed E-state index contributed by atoms with van der Waals surface area (Å²) >= 11 is 0. The second kappa shape index (κ2) is 2.90. The van der Waals surface area contributed by atoms with Gasteiger partial charge in [0.2, 0.25) is 6.29 Å². The Hall–Kier alpha value is -1.84. The number of carbonyl (C=O) groups is 1. The van der Waals surface area contributed by atoms with Gasteiger partial charge in [-0.1, -0.05) is 6.07 Å². The van der Waals surface area contributed by atoms with E-state index in [0.717, 1.165) is 0 Å². The molecule has 0 aliphatic carbocycles. The number of hydrogen-bond acceptors (Lipinski definition) is 4. The van der Waals surface area contributed by atoms with Crippen LogP contribution in [0.5, 0.6) is 5.75 Å². The number of carbonyl (C=O) groups excluding carboxylic acids is 1. The molecule has 13 heavy (non-hydrogen) atoms. The van der Waals surface area contributed by atoms with Crippen molar-refractivity contribution >= 4 is 17.4 Å². The minimum absolute atomic E-state index is 0.0690. The molecule has 0 fully saturated rings. The molecular weight excluding hydrogens is 170 g/mol. The van der Waals surface area contributed by atoms with E-state index in [-0.39, 0.29) is 5.89 Å². The molecule has 0 N–H and O–H groups in total. The maximum absolute atomic E-state index is 10.4. The summed E-state index contributed by atoms with van der Waals surface area (Å²) in [5.41, 5.74) is 1.13. The molecule has 0 spiro atoms. The largest absolute Gasteiger partial charge is 0.493 e. The number of aromatic nitrogens is 1. The SMILES string of the molecule is COc1cccc2nc(C=O)oc12. The molecule has 1 heterocycles. The number of benzene rings is 1. The van der Waals surface area contributed by atoms with Crippen LogP contribution >= 0.6 is 0 Å². The highest BCUT2D eigenvalue weighted by Crippen LogP contribution is 2.25. The normalized spacial score (nSPS) is 10.2. The number of nitrogens with zero attached hydrogens (tertiary/aromatic N) is 1. The second-order valence-corrected chi connectivity index (χ2v) is 2.48. The van der Waals surface area contributed by atoms with E-state index in [9.17, 15) is 4.79 Å². The van der Waals surface area contributed by atoms with Crippen LogP contribution in [0.15, 0.2) is 22.6 Å². The first-order valence-corrected chi connectivity index (χ1v) is 3.74.